The minimum absolute atomic E-state index is 0.142. The minimum Gasteiger partial charge on any atom is -0.451 e. The summed E-state index contributed by atoms with van der Waals surface area (Å²) in [5.41, 5.74) is 2.49. The molecule has 4 rings (SSSR count). The van der Waals surface area contributed by atoms with Crippen LogP contribution in [0.1, 0.15) is 60.4 Å². The number of aromatic nitrogens is 2. The van der Waals surface area contributed by atoms with Crippen LogP contribution >= 0.6 is 11.6 Å². The molecule has 0 amide bonds. The molecule has 1 N–H and O–H groups in total. The Hall–Kier alpha value is -2.55. The van der Waals surface area contributed by atoms with E-state index in [1.165, 1.54) is 12.6 Å². The van der Waals surface area contributed by atoms with Crippen LogP contribution in [0, 0.1) is 12.8 Å². The fraction of sp³-hybridized carbons (Fsp3) is 0.400. The summed E-state index contributed by atoms with van der Waals surface area (Å²) >= 11 is 6.37. The Morgan fingerprint density at radius 3 is 2.47 bits per heavy atom. The Kier molecular flexibility index (Phi) is 6.94. The highest BCUT2D eigenvalue weighted by molar-refractivity contribution is 7.89. The molecule has 9 heteroatoms. The minimum atomic E-state index is -3.84. The Bertz CT molecular complexity index is 1240. The predicted molar refractivity (Wildman–Crippen MR) is 129 cm³/mol. The van der Waals surface area contributed by atoms with Crippen molar-refractivity contribution in [1.29, 1.82) is 0 Å². The summed E-state index contributed by atoms with van der Waals surface area (Å²) in [6, 6.07) is 9.67. The molecular formula is C25H28ClN3O4S. The predicted octanol–water partition coefficient (Wildman–Crippen LogP) is 4.64. The van der Waals surface area contributed by atoms with Crippen LogP contribution in [-0.2, 0) is 15.4 Å². The van der Waals surface area contributed by atoms with Gasteiger partial charge in [-0.1, -0.05) is 26.0 Å². The number of rotatable bonds is 7. The van der Waals surface area contributed by atoms with Crippen LogP contribution in [0.4, 0.5) is 0 Å². The maximum absolute atomic E-state index is 13.2. The number of aryl methyl sites for hydroxylation is 1. The average molecular weight is 502 g/mol. The summed E-state index contributed by atoms with van der Waals surface area (Å²) in [5.74, 6) is -0.698. The summed E-state index contributed by atoms with van der Waals surface area (Å²) < 4.78 is 34.3. The zero-order chi connectivity index (χ0) is 24.5. The molecule has 0 radical (unpaired) electrons. The Morgan fingerprint density at radius 2 is 1.85 bits per heavy atom. The molecule has 1 fully saturated rings. The monoisotopic (exact) mass is 501 g/mol. The molecule has 2 heterocycles. The Balaban J connectivity index is 1.55. The van der Waals surface area contributed by atoms with Crippen LogP contribution in [0.3, 0.4) is 0 Å². The van der Waals surface area contributed by atoms with Gasteiger partial charge in [-0.15, -0.1) is 11.6 Å². The van der Waals surface area contributed by atoms with Crippen LogP contribution in [0.2, 0.25) is 0 Å². The second-order valence-electron chi connectivity index (χ2n) is 9.32. The van der Waals surface area contributed by atoms with Gasteiger partial charge in [-0.3, -0.25) is 9.78 Å². The van der Waals surface area contributed by atoms with Crippen LogP contribution in [0.5, 0.6) is 0 Å². The first-order valence-electron chi connectivity index (χ1n) is 11.2. The van der Waals surface area contributed by atoms with Crippen LogP contribution in [0.25, 0.3) is 0 Å². The van der Waals surface area contributed by atoms with Crippen molar-refractivity contribution in [3.63, 3.8) is 0 Å². The number of benzene rings is 1. The quantitative estimate of drug-likeness (QED) is 0.373. The molecule has 1 aliphatic carbocycles. The number of Topliss-reactive ketones (excluding diaryl/α,β-unsaturated/α-hetero) is 1. The maximum Gasteiger partial charge on any atom is 0.240 e. The van der Waals surface area contributed by atoms with Crippen molar-refractivity contribution in [2.24, 2.45) is 5.92 Å². The molecule has 3 aromatic rings. The fourth-order valence-electron chi connectivity index (χ4n) is 4.36. The molecule has 1 aromatic carbocycles. The molecule has 0 spiro atoms. The van der Waals surface area contributed by atoms with E-state index in [0.29, 0.717) is 24.8 Å². The Labute approximate surface area is 205 Å². The van der Waals surface area contributed by atoms with Crippen molar-refractivity contribution in [3.8, 4) is 0 Å². The number of pyridine rings is 1. The highest BCUT2D eigenvalue weighted by Gasteiger charge is 2.37. The lowest BCUT2D eigenvalue weighted by molar-refractivity contribution is 0.0865. The summed E-state index contributed by atoms with van der Waals surface area (Å²) in [6.07, 6.45) is 6.03. The van der Waals surface area contributed by atoms with E-state index in [4.69, 9.17) is 16.0 Å². The molecule has 0 bridgehead atoms. The second-order valence-corrected chi connectivity index (χ2v) is 11.7. The first-order chi connectivity index (χ1) is 16.1. The third-order valence-corrected chi connectivity index (χ3v) is 8.49. The van der Waals surface area contributed by atoms with E-state index in [2.05, 4.69) is 14.7 Å². The van der Waals surface area contributed by atoms with Crippen LogP contribution in [-0.4, -0.2) is 35.6 Å². The lowest BCUT2D eigenvalue weighted by Crippen LogP contribution is -2.47. The van der Waals surface area contributed by atoms with E-state index in [-0.39, 0.29) is 16.1 Å². The largest absolute Gasteiger partial charge is 0.451 e. The molecule has 0 saturated heterocycles. The Morgan fingerprint density at radius 1 is 1.12 bits per heavy atom. The smallest absolute Gasteiger partial charge is 0.240 e. The van der Waals surface area contributed by atoms with E-state index < -0.39 is 27.4 Å². The fourth-order valence-corrected chi connectivity index (χ4v) is 5.99. The number of carbonyl (C=O) groups excluding carboxylic acids is 1. The van der Waals surface area contributed by atoms with Gasteiger partial charge in [0.2, 0.25) is 10.0 Å². The number of nitrogens with zero attached hydrogens (tertiary/aromatic N) is 2. The number of hydrogen-bond donors (Lipinski definition) is 1. The number of hydrogen-bond acceptors (Lipinski definition) is 6. The van der Waals surface area contributed by atoms with Gasteiger partial charge in [0.25, 0.3) is 0 Å². The van der Waals surface area contributed by atoms with Crippen molar-refractivity contribution >= 4 is 27.4 Å². The zero-order valence-electron chi connectivity index (χ0n) is 19.4. The van der Waals surface area contributed by atoms with Crippen molar-refractivity contribution in [3.05, 3.63) is 77.8 Å². The molecular weight excluding hydrogens is 474 g/mol. The second kappa shape index (κ2) is 9.60. The lowest BCUT2D eigenvalue weighted by Gasteiger charge is -2.33. The molecule has 7 nitrogen and oxygen atoms in total. The molecule has 0 aliphatic heterocycles. The van der Waals surface area contributed by atoms with E-state index in [1.807, 2.05) is 20.8 Å². The van der Waals surface area contributed by atoms with E-state index >= 15 is 0 Å². The molecule has 3 atom stereocenters. The van der Waals surface area contributed by atoms with Gasteiger partial charge in [0, 0.05) is 40.2 Å². The highest BCUT2D eigenvalue weighted by Crippen LogP contribution is 2.33. The maximum atomic E-state index is 13.2. The van der Waals surface area contributed by atoms with E-state index in [0.717, 1.165) is 17.0 Å². The summed E-state index contributed by atoms with van der Waals surface area (Å²) in [5, 5.41) is -0.175. The molecule has 1 aliphatic rings. The molecule has 180 valence electrons. The third-order valence-electron chi connectivity index (χ3n) is 6.58. The van der Waals surface area contributed by atoms with Crippen LogP contribution < -0.4 is 4.72 Å². The van der Waals surface area contributed by atoms with Crippen LogP contribution in [0.15, 0.2) is 64.6 Å². The number of halogens is 1. The van der Waals surface area contributed by atoms with Gasteiger partial charge in [-0.2, -0.15) is 0 Å². The molecule has 1 saturated carbocycles. The van der Waals surface area contributed by atoms with Crippen molar-refractivity contribution in [2.45, 2.75) is 61.8 Å². The summed E-state index contributed by atoms with van der Waals surface area (Å²) in [6.45, 7) is 5.83. The first kappa shape index (κ1) is 24.6. The topological polar surface area (TPSA) is 102 Å². The number of sulfonamides is 1. The van der Waals surface area contributed by atoms with Gasteiger partial charge in [0.15, 0.2) is 12.2 Å². The first-order valence-corrected chi connectivity index (χ1v) is 13.1. The van der Waals surface area contributed by atoms with E-state index in [1.54, 1.807) is 42.7 Å². The highest BCUT2D eigenvalue weighted by atomic mass is 35.5. The van der Waals surface area contributed by atoms with Gasteiger partial charge >= 0.3 is 0 Å². The molecule has 2 aromatic heterocycles. The normalized spacial score (nSPS) is 21.4. The van der Waals surface area contributed by atoms with Crippen molar-refractivity contribution < 1.29 is 17.6 Å². The summed E-state index contributed by atoms with van der Waals surface area (Å²) in [7, 11) is -3.84. The van der Waals surface area contributed by atoms with Gasteiger partial charge in [-0.05, 0) is 56.0 Å². The van der Waals surface area contributed by atoms with Gasteiger partial charge in [0.05, 0.1) is 10.6 Å². The number of nitrogens with one attached hydrogen (secondary N) is 1. The zero-order valence-corrected chi connectivity index (χ0v) is 20.9. The third kappa shape index (κ3) is 5.09. The van der Waals surface area contributed by atoms with Crippen molar-refractivity contribution in [1.82, 2.24) is 14.7 Å². The number of ketones is 1. The average Bonchev–Trinajstić information content (AvgIpc) is 3.36. The van der Waals surface area contributed by atoms with Gasteiger partial charge in [0.1, 0.15) is 6.26 Å². The summed E-state index contributed by atoms with van der Waals surface area (Å²) in [4.78, 5) is 21.8. The van der Waals surface area contributed by atoms with Crippen molar-refractivity contribution in [2.75, 3.05) is 0 Å². The lowest BCUT2D eigenvalue weighted by atomic mass is 9.80. The molecule has 2 unspecified atom stereocenters. The van der Waals surface area contributed by atoms with Gasteiger partial charge < -0.3 is 4.42 Å². The molecule has 34 heavy (non-hydrogen) atoms. The standard InChI is InChI=1S/C25H28ClN3O4S/c1-16-4-5-17(13-27-16)24(30)21-12-19(26)8-11-22(21)29-34(31,32)20-9-6-18(7-10-20)25(2,3)23-14-33-15-28-23/h4-7,9-10,13-15,19,21-22,29H,8,11-12H2,1-3H3/t19-,21?,22?/m0/s1. The van der Waals surface area contributed by atoms with Gasteiger partial charge in [-0.25, -0.2) is 18.1 Å². The number of oxazole rings is 1. The SMILES string of the molecule is Cc1ccc(C(=O)C2C[C@@H](Cl)CCC2NS(=O)(=O)c2ccc(C(C)(C)c3cocn3)cc2)cn1. The number of alkyl halides is 1. The number of carbonyl (C=O) groups is 1. The van der Waals surface area contributed by atoms with E-state index in [9.17, 15) is 13.2 Å².